The highest BCUT2D eigenvalue weighted by atomic mass is 35.5. The number of pyridine rings is 1. The number of nitrogens with two attached hydrogens (primary N) is 1. The standard InChI is InChI=1S/C20H22N4OS.2ClH/c21-16-4-3-11-24(12-16)20(25)15-6-8-18(9-7-15)26-14-17-13-23-10-2-1-5-19(23)22-17;;/h1-2,5-10,13,16H,3-4,11-12,14,21H2;2*1H. The van der Waals surface area contributed by atoms with E-state index >= 15 is 0 Å². The van der Waals surface area contributed by atoms with Crippen molar-refractivity contribution in [2.75, 3.05) is 13.1 Å². The van der Waals surface area contributed by atoms with Gasteiger partial charge in [0.25, 0.3) is 5.91 Å². The van der Waals surface area contributed by atoms with E-state index in [-0.39, 0.29) is 36.8 Å². The molecule has 0 radical (unpaired) electrons. The van der Waals surface area contributed by atoms with Crippen LogP contribution >= 0.6 is 36.6 Å². The van der Waals surface area contributed by atoms with Crippen LogP contribution in [0.4, 0.5) is 0 Å². The number of carbonyl (C=O) groups is 1. The summed E-state index contributed by atoms with van der Waals surface area (Å²) >= 11 is 1.72. The van der Waals surface area contributed by atoms with Crippen LogP contribution in [0.25, 0.3) is 5.65 Å². The summed E-state index contributed by atoms with van der Waals surface area (Å²) in [6.45, 7) is 1.46. The number of halogens is 2. The Hall–Kier alpha value is -1.73. The van der Waals surface area contributed by atoms with Crippen LogP contribution in [0, 0.1) is 0 Å². The Morgan fingerprint density at radius 1 is 1.18 bits per heavy atom. The summed E-state index contributed by atoms with van der Waals surface area (Å²) in [4.78, 5) is 20.2. The summed E-state index contributed by atoms with van der Waals surface area (Å²) in [5.41, 5.74) is 8.72. The van der Waals surface area contributed by atoms with Gasteiger partial charge in [-0.05, 0) is 49.2 Å². The zero-order valence-corrected chi connectivity index (χ0v) is 17.8. The number of likely N-dealkylation sites (tertiary alicyclic amines) is 1. The number of carbonyl (C=O) groups excluding carboxylic acids is 1. The molecule has 1 atom stereocenters. The van der Waals surface area contributed by atoms with Crippen LogP contribution in [-0.2, 0) is 5.75 Å². The molecule has 1 amide bonds. The molecule has 150 valence electrons. The maximum Gasteiger partial charge on any atom is 0.253 e. The maximum absolute atomic E-state index is 12.6. The quantitative estimate of drug-likeness (QED) is 0.624. The number of thioether (sulfide) groups is 1. The summed E-state index contributed by atoms with van der Waals surface area (Å²) in [5.74, 6) is 0.882. The molecule has 2 N–H and O–H groups in total. The van der Waals surface area contributed by atoms with Gasteiger partial charge in [-0.15, -0.1) is 36.6 Å². The summed E-state index contributed by atoms with van der Waals surface area (Å²) in [5, 5.41) is 0. The van der Waals surface area contributed by atoms with Gasteiger partial charge in [-0.25, -0.2) is 4.98 Å². The average Bonchev–Trinajstić information content (AvgIpc) is 3.09. The van der Waals surface area contributed by atoms with E-state index in [1.165, 1.54) is 0 Å². The van der Waals surface area contributed by atoms with Gasteiger partial charge in [-0.3, -0.25) is 4.79 Å². The van der Waals surface area contributed by atoms with Crippen LogP contribution in [0.1, 0.15) is 28.9 Å². The van der Waals surface area contributed by atoms with Crippen LogP contribution in [0.15, 0.2) is 59.8 Å². The molecule has 0 bridgehead atoms. The average molecular weight is 439 g/mol. The minimum Gasteiger partial charge on any atom is -0.337 e. The summed E-state index contributed by atoms with van der Waals surface area (Å²) in [6, 6.07) is 13.9. The Balaban J connectivity index is 0.00000140. The highest BCUT2D eigenvalue weighted by Crippen LogP contribution is 2.23. The lowest BCUT2D eigenvalue weighted by atomic mass is 10.1. The molecule has 2 aromatic heterocycles. The predicted molar refractivity (Wildman–Crippen MR) is 119 cm³/mol. The molecular weight excluding hydrogens is 415 g/mol. The molecule has 5 nitrogen and oxygen atoms in total. The van der Waals surface area contributed by atoms with E-state index in [2.05, 4.69) is 11.2 Å². The lowest BCUT2D eigenvalue weighted by Gasteiger charge is -2.30. The molecule has 1 aliphatic rings. The van der Waals surface area contributed by atoms with Gasteiger partial charge < -0.3 is 15.0 Å². The van der Waals surface area contributed by atoms with Crippen LogP contribution in [-0.4, -0.2) is 39.3 Å². The second-order valence-corrected chi connectivity index (χ2v) is 7.71. The molecule has 3 aromatic rings. The van der Waals surface area contributed by atoms with E-state index < -0.39 is 0 Å². The second-order valence-electron chi connectivity index (χ2n) is 6.66. The van der Waals surface area contributed by atoms with Gasteiger partial charge in [-0.1, -0.05) is 6.07 Å². The van der Waals surface area contributed by atoms with Crippen molar-refractivity contribution in [2.45, 2.75) is 29.5 Å². The monoisotopic (exact) mass is 438 g/mol. The number of nitrogens with zero attached hydrogens (tertiary/aromatic N) is 3. The number of benzene rings is 1. The number of hydrogen-bond acceptors (Lipinski definition) is 4. The fraction of sp³-hybridized carbons (Fsp3) is 0.300. The minimum absolute atomic E-state index is 0. The zero-order valence-electron chi connectivity index (χ0n) is 15.4. The third kappa shape index (κ3) is 5.20. The van der Waals surface area contributed by atoms with Crippen LogP contribution in [0.2, 0.25) is 0 Å². The van der Waals surface area contributed by atoms with Gasteiger partial charge in [0.15, 0.2) is 0 Å². The van der Waals surface area contributed by atoms with E-state index in [0.29, 0.717) is 6.54 Å². The van der Waals surface area contributed by atoms with Gasteiger partial charge in [0.1, 0.15) is 5.65 Å². The van der Waals surface area contributed by atoms with Crippen LogP contribution in [0.3, 0.4) is 0 Å². The van der Waals surface area contributed by atoms with Crippen molar-refractivity contribution in [3.63, 3.8) is 0 Å². The van der Waals surface area contributed by atoms with Gasteiger partial charge in [-0.2, -0.15) is 0 Å². The van der Waals surface area contributed by atoms with E-state index in [1.807, 2.05) is 58.0 Å². The Labute approximate surface area is 181 Å². The smallest absolute Gasteiger partial charge is 0.253 e. The molecule has 1 fully saturated rings. The Bertz CT molecular complexity index is 883. The van der Waals surface area contributed by atoms with Gasteiger partial charge in [0.2, 0.25) is 0 Å². The molecule has 0 aliphatic carbocycles. The van der Waals surface area contributed by atoms with E-state index in [0.717, 1.165) is 46.9 Å². The van der Waals surface area contributed by atoms with Crippen molar-refractivity contribution < 1.29 is 4.79 Å². The molecule has 28 heavy (non-hydrogen) atoms. The molecule has 1 aliphatic heterocycles. The first-order valence-electron chi connectivity index (χ1n) is 8.89. The number of aromatic nitrogens is 2. The van der Waals surface area contributed by atoms with Crippen LogP contribution in [0.5, 0.6) is 0 Å². The molecular formula is C20H24Cl2N4OS. The normalized spacial score (nSPS) is 16.3. The van der Waals surface area contributed by atoms with Crippen molar-refractivity contribution in [2.24, 2.45) is 5.73 Å². The Morgan fingerprint density at radius 2 is 1.96 bits per heavy atom. The van der Waals surface area contributed by atoms with Gasteiger partial charge >= 0.3 is 0 Å². The lowest BCUT2D eigenvalue weighted by Crippen LogP contribution is -2.45. The predicted octanol–water partition coefficient (Wildman–Crippen LogP) is 4.03. The first-order valence-corrected chi connectivity index (χ1v) is 9.88. The van der Waals surface area contributed by atoms with Crippen molar-refractivity contribution in [3.05, 3.63) is 66.1 Å². The van der Waals surface area contributed by atoms with Gasteiger partial charge in [0.05, 0.1) is 5.69 Å². The Morgan fingerprint density at radius 3 is 2.68 bits per heavy atom. The molecule has 3 heterocycles. The van der Waals surface area contributed by atoms with Crippen molar-refractivity contribution in [1.29, 1.82) is 0 Å². The SMILES string of the molecule is Cl.Cl.NC1CCCN(C(=O)c2ccc(SCc3cn4ccccc4n3)cc2)C1. The summed E-state index contributed by atoms with van der Waals surface area (Å²) in [7, 11) is 0. The number of hydrogen-bond donors (Lipinski definition) is 1. The molecule has 0 spiro atoms. The highest BCUT2D eigenvalue weighted by molar-refractivity contribution is 7.98. The van der Waals surface area contributed by atoms with Crippen LogP contribution < -0.4 is 5.73 Å². The topological polar surface area (TPSA) is 63.6 Å². The molecule has 8 heteroatoms. The minimum atomic E-state index is 0. The third-order valence-electron chi connectivity index (χ3n) is 4.65. The largest absolute Gasteiger partial charge is 0.337 e. The zero-order chi connectivity index (χ0) is 17.9. The third-order valence-corrected chi connectivity index (χ3v) is 5.69. The summed E-state index contributed by atoms with van der Waals surface area (Å²) < 4.78 is 2.03. The number of piperidine rings is 1. The first-order chi connectivity index (χ1) is 12.7. The van der Waals surface area contributed by atoms with E-state index in [4.69, 9.17) is 5.73 Å². The van der Waals surface area contributed by atoms with E-state index in [9.17, 15) is 4.79 Å². The molecule has 0 saturated carbocycles. The van der Waals surface area contributed by atoms with Gasteiger partial charge in [0, 0.05) is 47.7 Å². The number of rotatable bonds is 4. The molecule has 1 unspecified atom stereocenters. The Kier molecular flexibility index (Phi) is 8.19. The lowest BCUT2D eigenvalue weighted by molar-refractivity contribution is 0.0709. The second kappa shape index (κ2) is 10.2. The molecule has 4 rings (SSSR count). The van der Waals surface area contributed by atoms with Crippen molar-refractivity contribution in [1.82, 2.24) is 14.3 Å². The number of amides is 1. The maximum atomic E-state index is 12.6. The fourth-order valence-corrected chi connectivity index (χ4v) is 4.07. The fourth-order valence-electron chi connectivity index (χ4n) is 3.28. The highest BCUT2D eigenvalue weighted by Gasteiger charge is 2.22. The number of imidazole rings is 1. The van der Waals surface area contributed by atoms with Crippen molar-refractivity contribution in [3.8, 4) is 0 Å². The molecule has 1 saturated heterocycles. The van der Waals surface area contributed by atoms with Crippen molar-refractivity contribution >= 4 is 48.1 Å². The van der Waals surface area contributed by atoms with E-state index in [1.54, 1.807) is 11.8 Å². The number of fused-ring (bicyclic) bond motifs is 1. The summed E-state index contributed by atoms with van der Waals surface area (Å²) in [6.07, 6.45) is 6.05. The first kappa shape index (κ1) is 22.6. The molecule has 1 aromatic carbocycles.